The lowest BCUT2D eigenvalue weighted by atomic mass is 10.1. The van der Waals surface area contributed by atoms with Gasteiger partial charge in [0.05, 0.1) is 7.11 Å². The Hall–Kier alpha value is -4.57. The lowest BCUT2D eigenvalue weighted by molar-refractivity contribution is -0.118. The second-order valence-electron chi connectivity index (χ2n) is 8.13. The molecule has 0 heterocycles. The molecule has 0 radical (unpaired) electrons. The summed E-state index contributed by atoms with van der Waals surface area (Å²) >= 11 is 0. The van der Waals surface area contributed by atoms with Crippen LogP contribution in [0.25, 0.3) is 6.08 Å². The first-order valence-electron chi connectivity index (χ1n) is 11.6. The molecule has 7 nitrogen and oxygen atoms in total. The number of ether oxygens (including phenoxy) is 2. The van der Waals surface area contributed by atoms with E-state index in [2.05, 4.69) is 10.6 Å². The number of hydrogen-bond acceptors (Lipinski definition) is 5. The summed E-state index contributed by atoms with van der Waals surface area (Å²) in [5, 5.41) is 15.0. The van der Waals surface area contributed by atoms with Crippen LogP contribution in [-0.4, -0.2) is 32.1 Å². The first kappa shape index (κ1) is 26.0. The van der Waals surface area contributed by atoms with Crippen LogP contribution in [0.15, 0.2) is 78.4 Å². The van der Waals surface area contributed by atoms with E-state index in [-0.39, 0.29) is 18.1 Å². The summed E-state index contributed by atoms with van der Waals surface area (Å²) < 4.78 is 11.0. The first-order valence-corrected chi connectivity index (χ1v) is 11.6. The van der Waals surface area contributed by atoms with Crippen LogP contribution in [0, 0.1) is 18.3 Å². The molecule has 0 saturated heterocycles. The van der Waals surface area contributed by atoms with E-state index in [1.165, 1.54) is 18.7 Å². The quantitative estimate of drug-likeness (QED) is 0.234. The zero-order chi connectivity index (χ0) is 25.8. The minimum absolute atomic E-state index is 0.0112. The van der Waals surface area contributed by atoms with Gasteiger partial charge in [0.25, 0.3) is 11.8 Å². The van der Waals surface area contributed by atoms with Crippen molar-refractivity contribution >= 4 is 23.6 Å². The maximum atomic E-state index is 12.5. The lowest BCUT2D eigenvalue weighted by Crippen LogP contribution is -2.25. The third kappa shape index (κ3) is 8.03. The number of hydrogen-bond donors (Lipinski definition) is 2. The molecule has 2 N–H and O–H groups in total. The van der Waals surface area contributed by atoms with Crippen molar-refractivity contribution in [1.82, 2.24) is 5.32 Å². The molecule has 0 atom stereocenters. The Morgan fingerprint density at radius 1 is 1.00 bits per heavy atom. The zero-order valence-electron chi connectivity index (χ0n) is 20.4. The van der Waals surface area contributed by atoms with Crippen LogP contribution in [0.2, 0.25) is 0 Å². The fraction of sp³-hybridized carbons (Fsp3) is 0.207. The normalized spacial score (nSPS) is 10.8. The number of nitrogens with one attached hydrogen (secondary N) is 2. The molecule has 184 valence electrons. The molecule has 0 spiro atoms. The largest absolute Gasteiger partial charge is 0.493 e. The van der Waals surface area contributed by atoms with Crippen LogP contribution in [0.4, 0.5) is 5.69 Å². The molecule has 3 aromatic rings. The zero-order valence-corrected chi connectivity index (χ0v) is 20.4. The maximum Gasteiger partial charge on any atom is 0.262 e. The monoisotopic (exact) mass is 483 g/mol. The molecule has 3 rings (SSSR count). The number of anilines is 1. The SMILES string of the molecule is COc1cc(/C=C(/C#N)C(=O)NCCCc2ccccc2)ccc1OCC(=O)Nc1ccc(C)cc1. The molecule has 0 aliphatic rings. The minimum Gasteiger partial charge on any atom is -0.493 e. The standard InChI is InChI=1S/C29H29N3O4/c1-21-10-13-25(14-11-21)32-28(33)20-36-26-15-12-23(18-27(26)35-2)17-24(19-30)29(34)31-16-6-9-22-7-4-3-5-8-22/h3-5,7-8,10-15,17-18H,6,9,16,20H2,1-2H3,(H,31,34)(H,32,33)/b24-17-. The van der Waals surface area contributed by atoms with E-state index in [0.717, 1.165) is 18.4 Å². The summed E-state index contributed by atoms with van der Waals surface area (Å²) in [5.74, 6) is 0.0169. The van der Waals surface area contributed by atoms with Crippen molar-refractivity contribution in [3.8, 4) is 17.6 Å². The number of methoxy groups -OCH3 is 1. The predicted molar refractivity (Wildman–Crippen MR) is 140 cm³/mol. The third-order valence-electron chi connectivity index (χ3n) is 5.33. The predicted octanol–water partition coefficient (Wildman–Crippen LogP) is 4.68. The number of amides is 2. The molecule has 2 amide bonds. The van der Waals surface area contributed by atoms with Gasteiger partial charge in [0.15, 0.2) is 18.1 Å². The fourth-order valence-corrected chi connectivity index (χ4v) is 3.42. The summed E-state index contributed by atoms with van der Waals surface area (Å²) in [4.78, 5) is 24.7. The fourth-order valence-electron chi connectivity index (χ4n) is 3.42. The smallest absolute Gasteiger partial charge is 0.262 e. The summed E-state index contributed by atoms with van der Waals surface area (Å²) in [6.07, 6.45) is 3.10. The van der Waals surface area contributed by atoms with E-state index < -0.39 is 5.91 Å². The molecule has 0 bridgehead atoms. The molecule has 0 aliphatic heterocycles. The second kappa shape index (κ2) is 13.4. The van der Waals surface area contributed by atoms with E-state index in [4.69, 9.17) is 9.47 Å². The molecular weight excluding hydrogens is 454 g/mol. The molecule has 7 heteroatoms. The van der Waals surface area contributed by atoms with Gasteiger partial charge in [-0.2, -0.15) is 5.26 Å². The van der Waals surface area contributed by atoms with Crippen molar-refractivity contribution in [2.45, 2.75) is 19.8 Å². The minimum atomic E-state index is -0.433. The Morgan fingerprint density at radius 2 is 1.75 bits per heavy atom. The van der Waals surface area contributed by atoms with Crippen LogP contribution < -0.4 is 20.1 Å². The number of nitriles is 1. The number of carbonyl (C=O) groups is 2. The van der Waals surface area contributed by atoms with Crippen LogP contribution in [0.1, 0.15) is 23.1 Å². The van der Waals surface area contributed by atoms with Gasteiger partial charge in [-0.05, 0) is 61.2 Å². The van der Waals surface area contributed by atoms with Crippen molar-refractivity contribution in [1.29, 1.82) is 5.26 Å². The lowest BCUT2D eigenvalue weighted by Gasteiger charge is -2.12. The van der Waals surface area contributed by atoms with Gasteiger partial charge in [0.2, 0.25) is 0 Å². The molecule has 0 aliphatic carbocycles. The van der Waals surface area contributed by atoms with Crippen LogP contribution in [0.3, 0.4) is 0 Å². The molecule has 0 fully saturated rings. The Labute approximate surface area is 211 Å². The van der Waals surface area contributed by atoms with Crippen LogP contribution >= 0.6 is 0 Å². The molecule has 0 unspecified atom stereocenters. The van der Waals surface area contributed by atoms with Crippen molar-refractivity contribution in [3.05, 3.63) is 95.1 Å². The van der Waals surface area contributed by atoms with Crippen molar-refractivity contribution in [2.75, 3.05) is 25.6 Å². The summed E-state index contributed by atoms with van der Waals surface area (Å²) in [6.45, 7) is 2.24. The van der Waals surface area contributed by atoms with Gasteiger partial charge in [-0.15, -0.1) is 0 Å². The van der Waals surface area contributed by atoms with E-state index in [1.54, 1.807) is 18.2 Å². The highest BCUT2D eigenvalue weighted by Crippen LogP contribution is 2.29. The number of aryl methyl sites for hydroxylation is 2. The van der Waals surface area contributed by atoms with Gasteiger partial charge in [-0.3, -0.25) is 9.59 Å². The second-order valence-corrected chi connectivity index (χ2v) is 8.13. The van der Waals surface area contributed by atoms with Gasteiger partial charge in [0, 0.05) is 12.2 Å². The van der Waals surface area contributed by atoms with Gasteiger partial charge >= 0.3 is 0 Å². The number of nitrogens with zero attached hydrogens (tertiary/aromatic N) is 1. The van der Waals surface area contributed by atoms with Crippen molar-refractivity contribution in [3.63, 3.8) is 0 Å². The Morgan fingerprint density at radius 3 is 2.44 bits per heavy atom. The highest BCUT2D eigenvalue weighted by molar-refractivity contribution is 6.01. The van der Waals surface area contributed by atoms with E-state index in [9.17, 15) is 14.9 Å². The van der Waals surface area contributed by atoms with Gasteiger partial charge in [-0.1, -0.05) is 54.1 Å². The molecule has 0 aromatic heterocycles. The van der Waals surface area contributed by atoms with E-state index in [0.29, 0.717) is 29.3 Å². The first-order chi connectivity index (χ1) is 17.5. The molecule has 3 aromatic carbocycles. The van der Waals surface area contributed by atoms with Crippen LogP contribution in [0.5, 0.6) is 11.5 Å². The van der Waals surface area contributed by atoms with Crippen molar-refractivity contribution < 1.29 is 19.1 Å². The summed E-state index contributed by atoms with van der Waals surface area (Å²) in [6, 6.07) is 24.4. The van der Waals surface area contributed by atoms with Crippen LogP contribution in [-0.2, 0) is 16.0 Å². The van der Waals surface area contributed by atoms with Gasteiger partial charge < -0.3 is 20.1 Å². The maximum absolute atomic E-state index is 12.5. The average Bonchev–Trinajstić information content (AvgIpc) is 2.90. The Balaban J connectivity index is 1.55. The topological polar surface area (TPSA) is 100 Å². The number of carbonyl (C=O) groups excluding carboxylic acids is 2. The van der Waals surface area contributed by atoms with Gasteiger partial charge in [-0.25, -0.2) is 0 Å². The Kier molecular flexibility index (Phi) is 9.66. The van der Waals surface area contributed by atoms with E-state index >= 15 is 0 Å². The summed E-state index contributed by atoms with van der Waals surface area (Å²) in [7, 11) is 1.48. The number of rotatable bonds is 11. The Bertz CT molecular complexity index is 1250. The third-order valence-corrected chi connectivity index (χ3v) is 5.33. The molecule has 36 heavy (non-hydrogen) atoms. The van der Waals surface area contributed by atoms with E-state index in [1.807, 2.05) is 67.6 Å². The molecule has 0 saturated carbocycles. The molecular formula is C29H29N3O4. The average molecular weight is 484 g/mol. The highest BCUT2D eigenvalue weighted by Gasteiger charge is 2.12. The van der Waals surface area contributed by atoms with Crippen molar-refractivity contribution in [2.24, 2.45) is 0 Å². The summed E-state index contributed by atoms with van der Waals surface area (Å²) in [5.41, 5.74) is 3.57. The highest BCUT2D eigenvalue weighted by atomic mass is 16.5. The van der Waals surface area contributed by atoms with Gasteiger partial charge in [0.1, 0.15) is 11.6 Å². The number of benzene rings is 3.